The molecular weight excluding hydrogens is 392 g/mol. The molecule has 0 aromatic heterocycles. The minimum absolute atomic E-state index is 0.130. The fourth-order valence-corrected chi connectivity index (χ4v) is 4.49. The molecule has 1 aliphatic heterocycles. The van der Waals surface area contributed by atoms with Gasteiger partial charge in [-0.15, -0.1) is 0 Å². The number of nitrogens with zero attached hydrogens (tertiary/aromatic N) is 1. The summed E-state index contributed by atoms with van der Waals surface area (Å²) in [7, 11) is -1.73. The number of carbonyl (C=O) groups is 1. The van der Waals surface area contributed by atoms with E-state index in [1.165, 1.54) is 10.4 Å². The van der Waals surface area contributed by atoms with Crippen molar-refractivity contribution in [2.24, 2.45) is 0 Å². The molecule has 1 fully saturated rings. The first-order valence-corrected chi connectivity index (χ1v) is 10.2. The maximum atomic E-state index is 12.1. The smallest absolute Gasteiger partial charge is 0.262 e. The minimum atomic E-state index is -3.28. The topological polar surface area (TPSA) is 84.9 Å². The van der Waals surface area contributed by atoms with Crippen molar-refractivity contribution in [1.29, 1.82) is 0 Å². The Morgan fingerprint density at radius 3 is 2.67 bits per heavy atom. The Balaban J connectivity index is 1.62. The molecule has 1 aliphatic rings. The quantitative estimate of drug-likeness (QED) is 0.791. The predicted molar refractivity (Wildman–Crippen MR) is 104 cm³/mol. The number of carbonyl (C=O) groups excluding carboxylic acids is 1. The maximum absolute atomic E-state index is 12.1. The average molecular weight is 411 g/mol. The van der Waals surface area contributed by atoms with Gasteiger partial charge in [0, 0.05) is 12.6 Å². The van der Waals surface area contributed by atoms with E-state index < -0.39 is 10.0 Å². The second-order valence-electron chi connectivity index (χ2n) is 5.92. The van der Waals surface area contributed by atoms with Crippen LogP contribution in [0.15, 0.2) is 42.5 Å². The molecule has 144 valence electrons. The molecule has 7 nitrogen and oxygen atoms in total. The first kappa shape index (κ1) is 19.3. The lowest BCUT2D eigenvalue weighted by Gasteiger charge is -2.18. The van der Waals surface area contributed by atoms with Crippen molar-refractivity contribution in [2.75, 3.05) is 35.6 Å². The lowest BCUT2D eigenvalue weighted by molar-refractivity contribution is -0.118. The molecule has 1 amide bonds. The van der Waals surface area contributed by atoms with E-state index in [9.17, 15) is 13.2 Å². The van der Waals surface area contributed by atoms with Gasteiger partial charge in [0.2, 0.25) is 10.0 Å². The highest BCUT2D eigenvalue weighted by Gasteiger charge is 2.28. The molecule has 2 aromatic rings. The van der Waals surface area contributed by atoms with Crippen LogP contribution < -0.4 is 19.1 Å². The maximum Gasteiger partial charge on any atom is 0.262 e. The van der Waals surface area contributed by atoms with Crippen LogP contribution in [-0.2, 0) is 14.8 Å². The molecule has 27 heavy (non-hydrogen) atoms. The van der Waals surface area contributed by atoms with Gasteiger partial charge in [0.05, 0.1) is 29.3 Å². The van der Waals surface area contributed by atoms with Gasteiger partial charge in [-0.1, -0.05) is 17.7 Å². The van der Waals surface area contributed by atoms with Crippen molar-refractivity contribution >= 4 is 38.9 Å². The summed E-state index contributed by atoms with van der Waals surface area (Å²) in [6.07, 6.45) is 0.583. The monoisotopic (exact) mass is 410 g/mol. The number of hydrogen-bond donors (Lipinski definition) is 1. The fraction of sp³-hybridized carbons (Fsp3) is 0.278. The van der Waals surface area contributed by atoms with Crippen LogP contribution in [0.25, 0.3) is 0 Å². The largest absolute Gasteiger partial charge is 0.497 e. The van der Waals surface area contributed by atoms with Gasteiger partial charge in [-0.05, 0) is 36.8 Å². The van der Waals surface area contributed by atoms with Gasteiger partial charge in [0.1, 0.15) is 11.5 Å². The lowest BCUT2D eigenvalue weighted by Crippen LogP contribution is -2.25. The molecule has 1 N–H and O–H groups in total. The van der Waals surface area contributed by atoms with Crippen molar-refractivity contribution in [3.63, 3.8) is 0 Å². The summed E-state index contributed by atoms with van der Waals surface area (Å²) in [5.41, 5.74) is 0.874. The number of halogens is 1. The van der Waals surface area contributed by atoms with Crippen LogP contribution in [-0.4, -0.2) is 40.3 Å². The van der Waals surface area contributed by atoms with E-state index in [1.807, 2.05) is 0 Å². The van der Waals surface area contributed by atoms with E-state index in [4.69, 9.17) is 21.1 Å². The van der Waals surface area contributed by atoms with Gasteiger partial charge in [0.25, 0.3) is 5.91 Å². The number of hydrogen-bond acceptors (Lipinski definition) is 5. The van der Waals surface area contributed by atoms with Crippen molar-refractivity contribution in [3.05, 3.63) is 47.5 Å². The van der Waals surface area contributed by atoms with Gasteiger partial charge in [-0.3, -0.25) is 9.10 Å². The summed E-state index contributed by atoms with van der Waals surface area (Å²) in [4.78, 5) is 12.1. The molecule has 2 aromatic carbocycles. The molecule has 1 heterocycles. The van der Waals surface area contributed by atoms with Crippen LogP contribution in [0.2, 0.25) is 5.02 Å². The zero-order valence-corrected chi connectivity index (χ0v) is 16.2. The van der Waals surface area contributed by atoms with E-state index in [2.05, 4.69) is 5.32 Å². The predicted octanol–water partition coefficient (Wildman–Crippen LogP) is 2.91. The highest BCUT2D eigenvalue weighted by atomic mass is 35.5. The van der Waals surface area contributed by atoms with Crippen LogP contribution >= 0.6 is 11.6 Å². The third-order valence-corrected chi connectivity index (χ3v) is 6.21. The van der Waals surface area contributed by atoms with E-state index in [-0.39, 0.29) is 23.3 Å². The highest BCUT2D eigenvalue weighted by molar-refractivity contribution is 7.93. The van der Waals surface area contributed by atoms with E-state index in [1.54, 1.807) is 43.5 Å². The summed E-state index contributed by atoms with van der Waals surface area (Å²) in [5, 5.41) is 2.91. The van der Waals surface area contributed by atoms with Gasteiger partial charge in [-0.2, -0.15) is 0 Å². The number of methoxy groups -OCH3 is 1. The summed E-state index contributed by atoms with van der Waals surface area (Å²) in [6, 6.07) is 11.6. The molecule has 0 aliphatic carbocycles. The molecule has 1 saturated heterocycles. The second kappa shape index (κ2) is 8.06. The first-order valence-electron chi connectivity index (χ1n) is 8.26. The summed E-state index contributed by atoms with van der Waals surface area (Å²) >= 11 is 6.21. The number of nitrogens with one attached hydrogen (secondary N) is 1. The molecule has 0 spiro atoms. The number of ether oxygens (including phenoxy) is 2. The second-order valence-corrected chi connectivity index (χ2v) is 8.34. The SMILES string of the molecule is COc1cccc(OCC(=O)Nc2ccc(N3CCCS3(=O)=O)cc2Cl)c1. The number of benzene rings is 2. The van der Waals surface area contributed by atoms with Crippen molar-refractivity contribution < 1.29 is 22.7 Å². The zero-order chi connectivity index (χ0) is 19.4. The van der Waals surface area contributed by atoms with Crippen molar-refractivity contribution in [1.82, 2.24) is 0 Å². The number of sulfonamides is 1. The Morgan fingerprint density at radius 2 is 2.00 bits per heavy atom. The van der Waals surface area contributed by atoms with Gasteiger partial charge in [-0.25, -0.2) is 8.42 Å². The zero-order valence-electron chi connectivity index (χ0n) is 14.6. The highest BCUT2D eigenvalue weighted by Crippen LogP contribution is 2.31. The van der Waals surface area contributed by atoms with Crippen LogP contribution in [0, 0.1) is 0 Å². The Bertz CT molecular complexity index is 949. The van der Waals surface area contributed by atoms with Crippen molar-refractivity contribution in [3.8, 4) is 11.5 Å². The Kier molecular flexibility index (Phi) is 5.76. The minimum Gasteiger partial charge on any atom is -0.497 e. The first-order chi connectivity index (χ1) is 12.9. The van der Waals surface area contributed by atoms with Crippen LogP contribution in [0.4, 0.5) is 11.4 Å². The van der Waals surface area contributed by atoms with Crippen LogP contribution in [0.3, 0.4) is 0 Å². The lowest BCUT2D eigenvalue weighted by atomic mass is 10.2. The molecule has 0 atom stereocenters. The van der Waals surface area contributed by atoms with Crippen LogP contribution in [0.5, 0.6) is 11.5 Å². The summed E-state index contributed by atoms with van der Waals surface area (Å²) in [5.74, 6) is 0.875. The van der Waals surface area contributed by atoms with Gasteiger partial charge in [0.15, 0.2) is 6.61 Å². The Labute approximate surface area is 162 Å². The summed E-state index contributed by atoms with van der Waals surface area (Å²) in [6.45, 7) is 0.227. The van der Waals surface area contributed by atoms with E-state index in [0.717, 1.165) is 0 Å². The third-order valence-electron chi connectivity index (χ3n) is 4.03. The van der Waals surface area contributed by atoms with E-state index >= 15 is 0 Å². The standard InChI is InChI=1S/C18H19ClN2O5S/c1-25-14-4-2-5-15(11-14)26-12-18(22)20-17-7-6-13(10-16(17)19)21-8-3-9-27(21,23)24/h2,4-7,10-11H,3,8-9,12H2,1H3,(H,20,22). The Morgan fingerprint density at radius 1 is 1.22 bits per heavy atom. The molecule has 0 unspecified atom stereocenters. The number of anilines is 2. The molecule has 9 heteroatoms. The number of amides is 1. The van der Waals surface area contributed by atoms with Crippen molar-refractivity contribution in [2.45, 2.75) is 6.42 Å². The van der Waals surface area contributed by atoms with Crippen LogP contribution in [0.1, 0.15) is 6.42 Å². The molecule has 0 saturated carbocycles. The molecule has 3 rings (SSSR count). The molecule has 0 bridgehead atoms. The third kappa shape index (κ3) is 4.64. The Hall–Kier alpha value is -2.45. The molecule has 0 radical (unpaired) electrons. The van der Waals surface area contributed by atoms with E-state index in [0.29, 0.717) is 35.8 Å². The molecular formula is C18H19ClN2O5S. The normalized spacial score (nSPS) is 15.4. The van der Waals surface area contributed by atoms with Gasteiger partial charge < -0.3 is 14.8 Å². The fourth-order valence-electron chi connectivity index (χ4n) is 2.72. The summed E-state index contributed by atoms with van der Waals surface area (Å²) < 4.78 is 35.8. The number of rotatable bonds is 6. The van der Waals surface area contributed by atoms with Gasteiger partial charge >= 0.3 is 0 Å². The average Bonchev–Trinajstić information content (AvgIpc) is 3.01.